The number of rotatable bonds is 2. The van der Waals surface area contributed by atoms with E-state index in [4.69, 9.17) is 0 Å². The molecule has 2 aliphatic rings. The fourth-order valence-electron chi connectivity index (χ4n) is 2.81. The molecule has 0 spiro atoms. The van der Waals surface area contributed by atoms with Gasteiger partial charge in [0.1, 0.15) is 5.82 Å². The van der Waals surface area contributed by atoms with Crippen LogP contribution in [0.4, 0.5) is 0 Å². The van der Waals surface area contributed by atoms with E-state index in [1.165, 1.54) is 37.2 Å². The van der Waals surface area contributed by atoms with Crippen molar-refractivity contribution in [3.8, 4) is 0 Å². The Hall–Kier alpha value is -0.830. The lowest BCUT2D eigenvalue weighted by atomic mass is 9.84. The molecule has 1 fully saturated rings. The maximum atomic E-state index is 9.40. The van der Waals surface area contributed by atoms with Crippen LogP contribution in [0.1, 0.15) is 55.6 Å². The minimum Gasteiger partial charge on any atom is -0.394 e. The number of hydrogen-bond donors (Lipinski definition) is 1. The van der Waals surface area contributed by atoms with Crippen LogP contribution in [0.5, 0.6) is 0 Å². The third-order valence-corrected chi connectivity index (χ3v) is 3.92. The van der Waals surface area contributed by atoms with Crippen molar-refractivity contribution in [2.45, 2.75) is 50.5 Å². The van der Waals surface area contributed by atoms with E-state index in [1.54, 1.807) is 0 Å². The smallest absolute Gasteiger partial charge is 0.112 e. The normalized spacial score (nSPS) is 26.1. The summed E-state index contributed by atoms with van der Waals surface area (Å²) in [6, 6.07) is 0.298. The molecule has 0 aromatic carbocycles. The average Bonchev–Trinajstić information content (AvgIpc) is 2.59. The van der Waals surface area contributed by atoms with Gasteiger partial charge in [-0.15, -0.1) is 0 Å². The predicted octanol–water partition coefficient (Wildman–Crippen LogP) is 2.02. The number of fused-ring (bicyclic) bond motifs is 1. The van der Waals surface area contributed by atoms with E-state index in [-0.39, 0.29) is 6.61 Å². The molecule has 1 saturated carbocycles. The largest absolute Gasteiger partial charge is 0.394 e. The molecule has 1 aliphatic carbocycles. The highest BCUT2D eigenvalue weighted by atomic mass is 16.3. The summed E-state index contributed by atoms with van der Waals surface area (Å²) in [4.78, 5) is 4.57. The highest BCUT2D eigenvalue weighted by molar-refractivity contribution is 5.15. The molecule has 1 aliphatic heterocycles. The van der Waals surface area contributed by atoms with Crippen molar-refractivity contribution in [2.24, 2.45) is 0 Å². The summed E-state index contributed by atoms with van der Waals surface area (Å²) in [6.07, 6.45) is 9.38. The molecular weight excluding hydrogens is 188 g/mol. The molecule has 1 aromatic heterocycles. The fraction of sp³-hybridized carbons (Fsp3) is 0.750. The van der Waals surface area contributed by atoms with Crippen molar-refractivity contribution in [3.63, 3.8) is 0 Å². The van der Waals surface area contributed by atoms with Crippen LogP contribution in [0.3, 0.4) is 0 Å². The third-order valence-electron chi connectivity index (χ3n) is 3.92. The highest BCUT2D eigenvalue weighted by Crippen LogP contribution is 2.38. The maximum absolute atomic E-state index is 9.40. The molecule has 3 rings (SSSR count). The third kappa shape index (κ3) is 1.41. The van der Waals surface area contributed by atoms with Crippen LogP contribution in [0, 0.1) is 0 Å². The summed E-state index contributed by atoms with van der Waals surface area (Å²) in [5.74, 6) is 1.92. The molecule has 1 aromatic rings. The molecule has 1 atom stereocenters. The van der Waals surface area contributed by atoms with E-state index in [9.17, 15) is 5.11 Å². The Kier molecular flexibility index (Phi) is 2.28. The first-order valence-electron chi connectivity index (χ1n) is 6.07. The van der Waals surface area contributed by atoms with Gasteiger partial charge in [0.05, 0.1) is 12.6 Å². The van der Waals surface area contributed by atoms with Gasteiger partial charge in [-0.2, -0.15) is 0 Å². The zero-order valence-electron chi connectivity index (χ0n) is 9.02. The molecule has 82 valence electrons. The molecule has 0 bridgehead atoms. The lowest BCUT2D eigenvalue weighted by molar-refractivity contribution is 0.199. The van der Waals surface area contributed by atoms with Crippen molar-refractivity contribution in [1.82, 2.24) is 9.55 Å². The summed E-state index contributed by atoms with van der Waals surface area (Å²) < 4.78 is 2.33. The van der Waals surface area contributed by atoms with E-state index in [0.29, 0.717) is 12.0 Å². The number of aryl methyl sites for hydroxylation is 1. The van der Waals surface area contributed by atoms with Crippen molar-refractivity contribution < 1.29 is 5.11 Å². The van der Waals surface area contributed by atoms with Crippen LogP contribution in [0.2, 0.25) is 0 Å². The van der Waals surface area contributed by atoms with Crippen molar-refractivity contribution in [2.75, 3.05) is 6.61 Å². The maximum Gasteiger partial charge on any atom is 0.112 e. The van der Waals surface area contributed by atoms with Gasteiger partial charge in [-0.3, -0.25) is 0 Å². The second kappa shape index (κ2) is 3.63. The lowest BCUT2D eigenvalue weighted by Crippen LogP contribution is -2.25. The first-order chi connectivity index (χ1) is 7.40. The molecule has 15 heavy (non-hydrogen) atoms. The number of aromatic nitrogens is 2. The van der Waals surface area contributed by atoms with E-state index in [2.05, 4.69) is 9.55 Å². The molecule has 0 saturated heterocycles. The van der Waals surface area contributed by atoms with Crippen molar-refractivity contribution in [1.29, 1.82) is 0 Å². The van der Waals surface area contributed by atoms with Gasteiger partial charge in [-0.1, -0.05) is 6.42 Å². The Morgan fingerprint density at radius 3 is 2.87 bits per heavy atom. The zero-order valence-corrected chi connectivity index (χ0v) is 9.02. The Bertz CT molecular complexity index is 355. The van der Waals surface area contributed by atoms with Crippen molar-refractivity contribution >= 4 is 0 Å². The van der Waals surface area contributed by atoms with E-state index < -0.39 is 0 Å². The van der Waals surface area contributed by atoms with Gasteiger partial charge in [0.25, 0.3) is 0 Å². The van der Waals surface area contributed by atoms with Crippen molar-refractivity contribution in [3.05, 3.63) is 17.7 Å². The average molecular weight is 206 g/mol. The Morgan fingerprint density at radius 1 is 1.33 bits per heavy atom. The number of imidazole rings is 1. The first-order valence-corrected chi connectivity index (χ1v) is 6.07. The lowest BCUT2D eigenvalue weighted by Gasteiger charge is -2.31. The molecule has 1 unspecified atom stereocenters. The van der Waals surface area contributed by atoms with Gasteiger partial charge in [0.15, 0.2) is 0 Å². The predicted molar refractivity (Wildman–Crippen MR) is 57.9 cm³/mol. The summed E-state index contributed by atoms with van der Waals surface area (Å²) in [5, 5.41) is 9.40. The quantitative estimate of drug-likeness (QED) is 0.804. The van der Waals surface area contributed by atoms with E-state index in [0.717, 1.165) is 12.8 Å². The summed E-state index contributed by atoms with van der Waals surface area (Å²) in [7, 11) is 0. The Morgan fingerprint density at radius 2 is 2.20 bits per heavy atom. The van der Waals surface area contributed by atoms with Gasteiger partial charge in [0.2, 0.25) is 0 Å². The topological polar surface area (TPSA) is 38.1 Å². The highest BCUT2D eigenvalue weighted by Gasteiger charge is 2.29. The molecule has 2 heterocycles. The number of hydrogen-bond acceptors (Lipinski definition) is 2. The van der Waals surface area contributed by atoms with Crippen LogP contribution >= 0.6 is 0 Å². The van der Waals surface area contributed by atoms with Gasteiger partial charge < -0.3 is 9.67 Å². The van der Waals surface area contributed by atoms with Gasteiger partial charge in [0, 0.05) is 17.8 Å². The standard InChI is InChI=1S/C12H18N2O/c15-8-11-6-2-5-10-7-13-12(14(10)11)9-3-1-4-9/h7,9,11,15H,1-6,8H2. The van der Waals surface area contributed by atoms with Crippen LogP contribution in [0.15, 0.2) is 6.20 Å². The Labute approximate surface area is 90.1 Å². The monoisotopic (exact) mass is 206 g/mol. The SMILES string of the molecule is OCC1CCCc2cnc(C3CCC3)n21. The minimum atomic E-state index is 0.267. The van der Waals surface area contributed by atoms with Crippen LogP contribution in [0.25, 0.3) is 0 Å². The zero-order chi connectivity index (χ0) is 10.3. The minimum absolute atomic E-state index is 0.267. The number of nitrogens with zero attached hydrogens (tertiary/aromatic N) is 2. The molecule has 3 nitrogen and oxygen atoms in total. The summed E-state index contributed by atoms with van der Waals surface area (Å²) in [6.45, 7) is 0.267. The molecular formula is C12H18N2O. The van der Waals surface area contributed by atoms with Crippen LogP contribution in [-0.2, 0) is 6.42 Å². The van der Waals surface area contributed by atoms with Gasteiger partial charge >= 0.3 is 0 Å². The first kappa shape index (κ1) is 9.40. The van der Waals surface area contributed by atoms with E-state index >= 15 is 0 Å². The van der Waals surface area contributed by atoms with Crippen LogP contribution in [-0.4, -0.2) is 21.3 Å². The van der Waals surface area contributed by atoms with Gasteiger partial charge in [-0.25, -0.2) is 4.98 Å². The number of aliphatic hydroxyl groups is 1. The van der Waals surface area contributed by atoms with Crippen LogP contribution < -0.4 is 0 Å². The fourth-order valence-corrected chi connectivity index (χ4v) is 2.81. The second-order valence-electron chi connectivity index (χ2n) is 4.83. The van der Waals surface area contributed by atoms with Gasteiger partial charge in [-0.05, 0) is 32.1 Å². The second-order valence-corrected chi connectivity index (χ2v) is 4.83. The molecule has 0 amide bonds. The molecule has 3 heteroatoms. The summed E-state index contributed by atoms with van der Waals surface area (Å²) >= 11 is 0. The molecule has 1 N–H and O–H groups in total. The summed E-state index contributed by atoms with van der Waals surface area (Å²) in [5.41, 5.74) is 1.34. The van der Waals surface area contributed by atoms with E-state index in [1.807, 2.05) is 6.20 Å². The number of aliphatic hydroxyl groups excluding tert-OH is 1. The Balaban J connectivity index is 1.97. The molecule has 0 radical (unpaired) electrons.